The third kappa shape index (κ3) is 2.92. The Morgan fingerprint density at radius 3 is 2.79 bits per heavy atom. The number of amides is 1. The highest BCUT2D eigenvalue weighted by Gasteiger charge is 2.19. The molecular weight excluding hydrogens is 272 g/mol. The zero-order valence-electron chi connectivity index (χ0n) is 9.63. The summed E-state index contributed by atoms with van der Waals surface area (Å²) in [5.74, 6) is 0.0833. The van der Waals surface area contributed by atoms with Gasteiger partial charge in [-0.2, -0.15) is 0 Å². The van der Waals surface area contributed by atoms with E-state index in [-0.39, 0.29) is 22.8 Å². The molecule has 2 rings (SSSR count). The summed E-state index contributed by atoms with van der Waals surface area (Å²) in [6.07, 6.45) is 1.49. The number of halogens is 1. The SMILES string of the molecule is O=C(NCc1ccco1)c1cccc([N+](=O)[O-])c1Cl. The molecule has 7 heteroatoms. The Labute approximate surface area is 113 Å². The summed E-state index contributed by atoms with van der Waals surface area (Å²) in [5, 5.41) is 13.1. The quantitative estimate of drug-likeness (QED) is 0.689. The maximum Gasteiger partial charge on any atom is 0.288 e. The number of carbonyl (C=O) groups excluding carboxylic acids is 1. The zero-order valence-corrected chi connectivity index (χ0v) is 10.4. The van der Waals surface area contributed by atoms with E-state index >= 15 is 0 Å². The summed E-state index contributed by atoms with van der Waals surface area (Å²) < 4.78 is 5.06. The molecule has 1 heterocycles. The van der Waals surface area contributed by atoms with Crippen LogP contribution in [0.4, 0.5) is 5.69 Å². The molecule has 0 aliphatic heterocycles. The van der Waals surface area contributed by atoms with E-state index in [1.54, 1.807) is 12.1 Å². The van der Waals surface area contributed by atoms with Gasteiger partial charge in [-0.15, -0.1) is 0 Å². The third-order valence-electron chi connectivity index (χ3n) is 2.42. The van der Waals surface area contributed by atoms with E-state index in [2.05, 4.69) is 5.32 Å². The molecule has 2 aromatic rings. The Kier molecular flexibility index (Phi) is 3.82. The van der Waals surface area contributed by atoms with Crippen LogP contribution in [0.2, 0.25) is 5.02 Å². The maximum absolute atomic E-state index is 11.9. The predicted octanol–water partition coefficient (Wildman–Crippen LogP) is 2.77. The van der Waals surface area contributed by atoms with Gasteiger partial charge in [0, 0.05) is 6.07 Å². The number of nitrogens with zero attached hydrogens (tertiary/aromatic N) is 1. The van der Waals surface area contributed by atoms with Gasteiger partial charge in [-0.3, -0.25) is 14.9 Å². The molecule has 0 atom stereocenters. The van der Waals surface area contributed by atoms with Crippen LogP contribution in [0.3, 0.4) is 0 Å². The number of nitrogens with one attached hydrogen (secondary N) is 1. The second kappa shape index (κ2) is 5.53. The van der Waals surface area contributed by atoms with E-state index in [9.17, 15) is 14.9 Å². The minimum Gasteiger partial charge on any atom is -0.467 e. The van der Waals surface area contributed by atoms with E-state index in [0.29, 0.717) is 5.76 Å². The molecule has 0 radical (unpaired) electrons. The van der Waals surface area contributed by atoms with E-state index < -0.39 is 10.8 Å². The van der Waals surface area contributed by atoms with Gasteiger partial charge in [0.05, 0.1) is 23.3 Å². The van der Waals surface area contributed by atoms with Crippen LogP contribution in [0.1, 0.15) is 16.1 Å². The number of furan rings is 1. The lowest BCUT2D eigenvalue weighted by Gasteiger charge is -2.05. The van der Waals surface area contributed by atoms with Crippen molar-refractivity contribution >= 4 is 23.2 Å². The van der Waals surface area contributed by atoms with Gasteiger partial charge in [0.2, 0.25) is 0 Å². The van der Waals surface area contributed by atoms with Crippen LogP contribution in [-0.2, 0) is 6.54 Å². The smallest absolute Gasteiger partial charge is 0.288 e. The molecule has 0 saturated carbocycles. The van der Waals surface area contributed by atoms with Crippen molar-refractivity contribution in [2.24, 2.45) is 0 Å². The van der Waals surface area contributed by atoms with Crippen LogP contribution in [0.25, 0.3) is 0 Å². The first-order chi connectivity index (χ1) is 9.09. The molecule has 98 valence electrons. The van der Waals surface area contributed by atoms with E-state index in [1.807, 2.05) is 0 Å². The molecule has 6 nitrogen and oxygen atoms in total. The maximum atomic E-state index is 11.9. The third-order valence-corrected chi connectivity index (χ3v) is 2.82. The van der Waals surface area contributed by atoms with E-state index in [0.717, 1.165) is 0 Å². The Balaban J connectivity index is 2.15. The van der Waals surface area contributed by atoms with Crippen molar-refractivity contribution in [2.45, 2.75) is 6.54 Å². The zero-order chi connectivity index (χ0) is 13.8. The first-order valence-electron chi connectivity index (χ1n) is 5.33. The van der Waals surface area contributed by atoms with Crippen LogP contribution in [0.15, 0.2) is 41.0 Å². The fourth-order valence-corrected chi connectivity index (χ4v) is 1.79. The largest absolute Gasteiger partial charge is 0.467 e. The van der Waals surface area contributed by atoms with Crippen LogP contribution in [-0.4, -0.2) is 10.8 Å². The molecular formula is C12H9ClN2O4. The number of benzene rings is 1. The molecule has 0 aliphatic carbocycles. The number of hydrogen-bond donors (Lipinski definition) is 1. The van der Waals surface area contributed by atoms with Crippen molar-refractivity contribution in [3.05, 3.63) is 63.1 Å². The summed E-state index contributed by atoms with van der Waals surface area (Å²) in [4.78, 5) is 22.0. The second-order valence-corrected chi connectivity index (χ2v) is 4.04. The van der Waals surface area contributed by atoms with Crippen molar-refractivity contribution in [3.63, 3.8) is 0 Å². The number of nitro groups is 1. The number of hydrogen-bond acceptors (Lipinski definition) is 4. The van der Waals surface area contributed by atoms with E-state index in [4.69, 9.17) is 16.0 Å². The van der Waals surface area contributed by atoms with Gasteiger partial charge >= 0.3 is 0 Å². The molecule has 0 saturated heterocycles. The number of rotatable bonds is 4. The molecule has 0 spiro atoms. The highest BCUT2D eigenvalue weighted by Crippen LogP contribution is 2.27. The summed E-state index contributed by atoms with van der Waals surface area (Å²) >= 11 is 5.83. The lowest BCUT2D eigenvalue weighted by molar-refractivity contribution is -0.384. The molecule has 1 amide bonds. The van der Waals surface area contributed by atoms with Gasteiger partial charge in [-0.25, -0.2) is 0 Å². The molecule has 1 aromatic heterocycles. The van der Waals surface area contributed by atoms with Gasteiger partial charge in [-0.1, -0.05) is 17.7 Å². The molecule has 0 fully saturated rings. The Hall–Kier alpha value is -2.34. The average Bonchev–Trinajstić information content (AvgIpc) is 2.89. The van der Waals surface area contributed by atoms with Gasteiger partial charge < -0.3 is 9.73 Å². The summed E-state index contributed by atoms with van der Waals surface area (Å²) in [7, 11) is 0. The van der Waals surface area contributed by atoms with Crippen molar-refractivity contribution < 1.29 is 14.1 Å². The molecule has 1 aromatic carbocycles. The van der Waals surface area contributed by atoms with Crippen molar-refractivity contribution in [3.8, 4) is 0 Å². The lowest BCUT2D eigenvalue weighted by atomic mass is 10.2. The Morgan fingerprint density at radius 1 is 1.37 bits per heavy atom. The number of nitro benzene ring substituents is 1. The topological polar surface area (TPSA) is 85.4 Å². The summed E-state index contributed by atoms with van der Waals surface area (Å²) in [6.45, 7) is 0.185. The van der Waals surface area contributed by atoms with Crippen LogP contribution in [0, 0.1) is 10.1 Å². The van der Waals surface area contributed by atoms with Gasteiger partial charge in [0.1, 0.15) is 10.8 Å². The normalized spacial score (nSPS) is 10.2. The van der Waals surface area contributed by atoms with Gasteiger partial charge in [-0.05, 0) is 18.2 Å². The molecule has 0 unspecified atom stereocenters. The fraction of sp³-hybridized carbons (Fsp3) is 0.0833. The van der Waals surface area contributed by atoms with Gasteiger partial charge in [0.15, 0.2) is 0 Å². The van der Waals surface area contributed by atoms with Crippen molar-refractivity contribution in [2.75, 3.05) is 0 Å². The molecule has 0 aliphatic rings. The summed E-state index contributed by atoms with van der Waals surface area (Å²) in [5.41, 5.74) is -0.241. The van der Waals surface area contributed by atoms with Crippen LogP contribution < -0.4 is 5.32 Å². The molecule has 0 bridgehead atoms. The number of carbonyl (C=O) groups is 1. The second-order valence-electron chi connectivity index (χ2n) is 3.66. The summed E-state index contributed by atoms with van der Waals surface area (Å²) in [6, 6.07) is 7.47. The monoisotopic (exact) mass is 280 g/mol. The van der Waals surface area contributed by atoms with Crippen molar-refractivity contribution in [1.82, 2.24) is 5.32 Å². The molecule has 1 N–H and O–H groups in total. The lowest BCUT2D eigenvalue weighted by Crippen LogP contribution is -2.23. The van der Waals surface area contributed by atoms with Crippen LogP contribution in [0.5, 0.6) is 0 Å². The first-order valence-corrected chi connectivity index (χ1v) is 5.71. The minimum atomic E-state index is -0.633. The van der Waals surface area contributed by atoms with E-state index in [1.165, 1.54) is 24.5 Å². The van der Waals surface area contributed by atoms with Gasteiger partial charge in [0.25, 0.3) is 11.6 Å². The standard InChI is InChI=1S/C12H9ClN2O4/c13-11-9(4-1-5-10(11)15(17)18)12(16)14-7-8-3-2-6-19-8/h1-6H,7H2,(H,14,16). The molecule has 19 heavy (non-hydrogen) atoms. The first kappa shape index (κ1) is 13.1. The Bertz CT molecular complexity index is 610. The highest BCUT2D eigenvalue weighted by molar-refractivity contribution is 6.35. The Morgan fingerprint density at radius 2 is 2.16 bits per heavy atom. The van der Waals surface area contributed by atoms with Crippen LogP contribution >= 0.6 is 11.6 Å². The minimum absolute atomic E-state index is 0.0578. The predicted molar refractivity (Wildman–Crippen MR) is 68.0 cm³/mol. The average molecular weight is 281 g/mol. The highest BCUT2D eigenvalue weighted by atomic mass is 35.5. The van der Waals surface area contributed by atoms with Crippen molar-refractivity contribution in [1.29, 1.82) is 0 Å². The fourth-order valence-electron chi connectivity index (χ4n) is 1.51.